The fourth-order valence-corrected chi connectivity index (χ4v) is 3.28. The van der Waals surface area contributed by atoms with E-state index in [-0.39, 0.29) is 24.0 Å². The summed E-state index contributed by atoms with van der Waals surface area (Å²) in [6, 6.07) is 11.4. The van der Waals surface area contributed by atoms with Crippen LogP contribution in [0.2, 0.25) is 0 Å². The number of phenolic OH excluding ortho intramolecular Hbond substituents is 1. The first-order valence-corrected chi connectivity index (χ1v) is 9.78. The number of benzene rings is 1. The van der Waals surface area contributed by atoms with Crippen molar-refractivity contribution in [3.8, 4) is 11.6 Å². The van der Waals surface area contributed by atoms with Crippen LogP contribution in [-0.4, -0.2) is 60.8 Å². The van der Waals surface area contributed by atoms with E-state index in [1.807, 2.05) is 30.3 Å². The topological polar surface area (TPSA) is 73.2 Å². The predicted molar refractivity (Wildman–Crippen MR) is 128 cm³/mol. The zero-order valence-electron chi connectivity index (χ0n) is 17.0. The molecule has 0 amide bonds. The Morgan fingerprint density at radius 1 is 1.17 bits per heavy atom. The van der Waals surface area contributed by atoms with Crippen LogP contribution in [0.25, 0.3) is 0 Å². The summed E-state index contributed by atoms with van der Waals surface area (Å²) >= 11 is 0. The molecule has 1 saturated heterocycles. The maximum atomic E-state index is 10.1. The van der Waals surface area contributed by atoms with Crippen LogP contribution in [0.1, 0.15) is 18.9 Å². The highest BCUT2D eigenvalue weighted by Gasteiger charge is 2.21. The monoisotopic (exact) mass is 511 g/mol. The molecular formula is C21H30IN5O2. The number of nitrogens with one attached hydrogen (secondary N) is 1. The lowest BCUT2D eigenvalue weighted by molar-refractivity contribution is 0.301. The molecule has 7 nitrogen and oxygen atoms in total. The van der Waals surface area contributed by atoms with E-state index in [4.69, 9.17) is 4.74 Å². The van der Waals surface area contributed by atoms with Crippen molar-refractivity contribution in [2.45, 2.75) is 19.9 Å². The van der Waals surface area contributed by atoms with Gasteiger partial charge in [-0.1, -0.05) is 25.1 Å². The fourth-order valence-electron chi connectivity index (χ4n) is 3.28. The van der Waals surface area contributed by atoms with E-state index in [1.54, 1.807) is 19.3 Å². The van der Waals surface area contributed by atoms with Crippen LogP contribution in [0.5, 0.6) is 11.6 Å². The average molecular weight is 511 g/mol. The molecule has 3 rings (SSSR count). The van der Waals surface area contributed by atoms with Gasteiger partial charge in [0.05, 0.1) is 12.3 Å². The van der Waals surface area contributed by atoms with Gasteiger partial charge < -0.3 is 25.0 Å². The Kier molecular flexibility index (Phi) is 9.30. The minimum Gasteiger partial charge on any atom is -0.506 e. The molecule has 2 aromatic rings. The zero-order chi connectivity index (χ0) is 19.8. The largest absolute Gasteiger partial charge is 0.506 e. The molecule has 0 radical (unpaired) electrons. The van der Waals surface area contributed by atoms with Crippen molar-refractivity contribution in [1.82, 2.24) is 15.2 Å². The van der Waals surface area contributed by atoms with Crippen LogP contribution in [0.4, 0.5) is 5.69 Å². The first-order chi connectivity index (χ1) is 13.7. The van der Waals surface area contributed by atoms with E-state index in [0.717, 1.165) is 49.8 Å². The quantitative estimate of drug-likeness (QED) is 0.353. The van der Waals surface area contributed by atoms with Crippen LogP contribution in [0, 0.1) is 0 Å². The van der Waals surface area contributed by atoms with Crippen molar-refractivity contribution in [2.75, 3.05) is 44.7 Å². The van der Waals surface area contributed by atoms with E-state index >= 15 is 0 Å². The van der Waals surface area contributed by atoms with Gasteiger partial charge in [0.2, 0.25) is 5.88 Å². The first-order valence-electron chi connectivity index (χ1n) is 9.78. The third-order valence-corrected chi connectivity index (χ3v) is 4.74. The van der Waals surface area contributed by atoms with E-state index in [1.165, 1.54) is 0 Å². The number of aliphatic imine (C=N–C) groups is 1. The molecule has 1 fully saturated rings. The van der Waals surface area contributed by atoms with Gasteiger partial charge in [-0.3, -0.25) is 4.99 Å². The molecule has 1 aromatic carbocycles. The molecule has 1 aromatic heterocycles. The van der Waals surface area contributed by atoms with Crippen molar-refractivity contribution in [3.05, 3.63) is 48.2 Å². The normalized spacial score (nSPS) is 14.3. The number of ether oxygens (including phenoxy) is 1. The summed E-state index contributed by atoms with van der Waals surface area (Å²) in [5.41, 5.74) is 1.91. The summed E-state index contributed by atoms with van der Waals surface area (Å²) in [5.74, 6) is 1.87. The summed E-state index contributed by atoms with van der Waals surface area (Å²) in [4.78, 5) is 13.2. The Hall–Kier alpha value is -2.23. The van der Waals surface area contributed by atoms with Crippen LogP contribution in [-0.2, 0) is 6.54 Å². The van der Waals surface area contributed by atoms with Crippen molar-refractivity contribution in [3.63, 3.8) is 0 Å². The summed E-state index contributed by atoms with van der Waals surface area (Å²) < 4.78 is 5.74. The SMILES string of the molecule is CCCOc1ncccc1CNC(=NC)N1CCN(c2ccccc2O)CC1.I. The molecule has 0 atom stereocenters. The van der Waals surface area contributed by atoms with Gasteiger partial charge >= 0.3 is 0 Å². The Morgan fingerprint density at radius 2 is 1.93 bits per heavy atom. The van der Waals surface area contributed by atoms with E-state index < -0.39 is 0 Å². The van der Waals surface area contributed by atoms with Gasteiger partial charge in [0.15, 0.2) is 5.96 Å². The second kappa shape index (κ2) is 11.7. The van der Waals surface area contributed by atoms with Gasteiger partial charge in [-0.25, -0.2) is 4.98 Å². The molecule has 2 heterocycles. The lowest BCUT2D eigenvalue weighted by Crippen LogP contribution is -2.52. The summed E-state index contributed by atoms with van der Waals surface area (Å²) in [5, 5.41) is 13.5. The third kappa shape index (κ3) is 6.12. The van der Waals surface area contributed by atoms with Crippen molar-refractivity contribution < 1.29 is 9.84 Å². The highest BCUT2D eigenvalue weighted by molar-refractivity contribution is 14.0. The molecular weight excluding hydrogens is 481 g/mol. The molecule has 2 N–H and O–H groups in total. The number of nitrogens with zero attached hydrogens (tertiary/aromatic N) is 4. The molecule has 158 valence electrons. The standard InChI is InChI=1S/C21H29N5O2.HI/c1-3-15-28-20-17(7-6-10-23-20)16-24-21(22-2)26-13-11-25(12-14-26)18-8-4-5-9-19(18)27;/h4-10,27H,3,11-16H2,1-2H3,(H,22,24);1H. The molecule has 1 aliphatic rings. The average Bonchev–Trinajstić information content (AvgIpc) is 2.74. The number of rotatable bonds is 6. The smallest absolute Gasteiger partial charge is 0.218 e. The number of para-hydroxylation sites is 2. The van der Waals surface area contributed by atoms with Crippen molar-refractivity contribution in [1.29, 1.82) is 0 Å². The van der Waals surface area contributed by atoms with Crippen LogP contribution >= 0.6 is 24.0 Å². The van der Waals surface area contributed by atoms with Gasteiger partial charge in [0.1, 0.15) is 5.75 Å². The molecule has 0 spiro atoms. The second-order valence-corrected chi connectivity index (χ2v) is 6.68. The minimum atomic E-state index is 0. The Bertz CT molecular complexity index is 794. The molecule has 0 unspecified atom stereocenters. The lowest BCUT2D eigenvalue weighted by atomic mass is 10.2. The van der Waals surface area contributed by atoms with Gasteiger partial charge in [0.25, 0.3) is 0 Å². The highest BCUT2D eigenvalue weighted by Crippen LogP contribution is 2.27. The van der Waals surface area contributed by atoms with Gasteiger partial charge in [-0.05, 0) is 24.6 Å². The Labute approximate surface area is 189 Å². The number of halogens is 1. The number of hydrogen-bond donors (Lipinski definition) is 2. The summed E-state index contributed by atoms with van der Waals surface area (Å²) in [7, 11) is 1.80. The Balaban J connectivity index is 0.00000300. The minimum absolute atomic E-state index is 0. The molecule has 0 aliphatic carbocycles. The number of aromatic nitrogens is 1. The van der Waals surface area contributed by atoms with Crippen LogP contribution < -0.4 is 15.0 Å². The second-order valence-electron chi connectivity index (χ2n) is 6.68. The summed E-state index contributed by atoms with van der Waals surface area (Å²) in [6.07, 6.45) is 2.70. The molecule has 0 bridgehead atoms. The maximum absolute atomic E-state index is 10.1. The zero-order valence-corrected chi connectivity index (χ0v) is 19.4. The van der Waals surface area contributed by atoms with E-state index in [9.17, 15) is 5.11 Å². The number of piperazine rings is 1. The molecule has 8 heteroatoms. The third-order valence-electron chi connectivity index (χ3n) is 4.74. The van der Waals surface area contributed by atoms with Crippen LogP contribution in [0.15, 0.2) is 47.6 Å². The van der Waals surface area contributed by atoms with E-state index in [0.29, 0.717) is 24.8 Å². The number of anilines is 1. The molecule has 0 saturated carbocycles. The van der Waals surface area contributed by atoms with Gasteiger partial charge in [-0.15, -0.1) is 24.0 Å². The van der Waals surface area contributed by atoms with Gasteiger partial charge in [-0.2, -0.15) is 0 Å². The number of aromatic hydroxyl groups is 1. The van der Waals surface area contributed by atoms with Crippen LogP contribution in [0.3, 0.4) is 0 Å². The molecule has 29 heavy (non-hydrogen) atoms. The predicted octanol–water partition coefficient (Wildman–Crippen LogP) is 3.09. The maximum Gasteiger partial charge on any atom is 0.218 e. The lowest BCUT2D eigenvalue weighted by Gasteiger charge is -2.37. The first kappa shape index (κ1) is 23.1. The number of guanidine groups is 1. The number of phenols is 1. The van der Waals surface area contributed by atoms with Gasteiger partial charge in [0, 0.05) is 51.5 Å². The van der Waals surface area contributed by atoms with E-state index in [2.05, 4.69) is 32.0 Å². The number of pyridine rings is 1. The summed E-state index contributed by atoms with van der Waals surface area (Å²) in [6.45, 7) is 6.68. The number of hydrogen-bond acceptors (Lipinski definition) is 5. The van der Waals surface area contributed by atoms with Crippen molar-refractivity contribution >= 4 is 35.6 Å². The van der Waals surface area contributed by atoms with Crippen molar-refractivity contribution in [2.24, 2.45) is 4.99 Å². The fraction of sp³-hybridized carbons (Fsp3) is 0.429. The Morgan fingerprint density at radius 3 is 2.62 bits per heavy atom. The molecule has 1 aliphatic heterocycles. The highest BCUT2D eigenvalue weighted by atomic mass is 127.